The van der Waals surface area contributed by atoms with Gasteiger partial charge in [0.25, 0.3) is 0 Å². The number of rotatable bonds is 3. The molecule has 0 bridgehead atoms. The third-order valence-corrected chi connectivity index (χ3v) is 3.12. The van der Waals surface area contributed by atoms with Crippen LogP contribution in [0.5, 0.6) is 5.75 Å². The molecule has 1 aromatic carbocycles. The lowest BCUT2D eigenvalue weighted by atomic mass is 9.97. The largest absolute Gasteiger partial charge is 0.508 e. The summed E-state index contributed by atoms with van der Waals surface area (Å²) in [5.74, 6) is 0.306. The van der Waals surface area contributed by atoms with Crippen LogP contribution >= 0.6 is 0 Å². The van der Waals surface area contributed by atoms with Gasteiger partial charge in [0.1, 0.15) is 5.75 Å². The molecule has 0 atom stereocenters. The Morgan fingerprint density at radius 3 is 1.94 bits per heavy atom. The van der Waals surface area contributed by atoms with E-state index >= 15 is 0 Å². The molecular formula is C17H22O. The molecule has 96 valence electrons. The minimum Gasteiger partial charge on any atom is -0.508 e. The van der Waals surface area contributed by atoms with Crippen molar-refractivity contribution < 1.29 is 5.11 Å². The molecule has 0 saturated heterocycles. The van der Waals surface area contributed by atoms with Gasteiger partial charge in [-0.25, -0.2) is 0 Å². The maximum atomic E-state index is 9.30. The van der Waals surface area contributed by atoms with E-state index in [1.54, 1.807) is 12.1 Å². The first kappa shape index (κ1) is 14.3. The van der Waals surface area contributed by atoms with E-state index in [-0.39, 0.29) is 0 Å². The van der Waals surface area contributed by atoms with Crippen molar-refractivity contribution in [2.75, 3.05) is 0 Å². The summed E-state index contributed by atoms with van der Waals surface area (Å²) in [6.45, 7) is 10.6. The fraction of sp³-hybridized carbons (Fsp3) is 0.294. The summed E-state index contributed by atoms with van der Waals surface area (Å²) < 4.78 is 0. The van der Waals surface area contributed by atoms with Crippen molar-refractivity contribution in [1.29, 1.82) is 0 Å². The van der Waals surface area contributed by atoms with Gasteiger partial charge in [-0.1, -0.05) is 29.9 Å². The Morgan fingerprint density at radius 1 is 0.889 bits per heavy atom. The molecule has 1 nitrogen and oxygen atoms in total. The van der Waals surface area contributed by atoms with Crippen LogP contribution < -0.4 is 0 Å². The fourth-order valence-corrected chi connectivity index (χ4v) is 1.64. The summed E-state index contributed by atoms with van der Waals surface area (Å²) in [6, 6.07) is 7.34. The van der Waals surface area contributed by atoms with Crippen LogP contribution in [0.4, 0.5) is 0 Å². The Kier molecular flexibility index (Phi) is 4.96. The molecule has 0 radical (unpaired) electrons. The molecule has 0 aliphatic rings. The number of hydrogen-bond donors (Lipinski definition) is 1. The van der Waals surface area contributed by atoms with Crippen LogP contribution in [0.1, 0.15) is 40.2 Å². The molecule has 1 rings (SSSR count). The maximum absolute atomic E-state index is 9.30. The zero-order valence-electron chi connectivity index (χ0n) is 11.9. The zero-order chi connectivity index (χ0) is 13.7. The Labute approximate surface area is 110 Å². The monoisotopic (exact) mass is 242 g/mol. The second-order valence-electron chi connectivity index (χ2n) is 4.89. The van der Waals surface area contributed by atoms with Gasteiger partial charge in [-0.05, 0) is 69.0 Å². The minimum atomic E-state index is 0.306. The zero-order valence-corrected chi connectivity index (χ0v) is 11.9. The fourth-order valence-electron chi connectivity index (χ4n) is 1.64. The quantitative estimate of drug-likeness (QED) is 0.731. The molecule has 0 aromatic heterocycles. The lowest BCUT2D eigenvalue weighted by Crippen LogP contribution is -1.87. The molecule has 0 aliphatic carbocycles. The standard InChI is InChI=1S/C17H22O/c1-12(2)6-7-13(3)14(4)15(5)16-8-10-17(18)11-9-16/h6-11,18H,1-5H3/b13-7+,15-14+. The summed E-state index contributed by atoms with van der Waals surface area (Å²) >= 11 is 0. The first-order valence-electron chi connectivity index (χ1n) is 6.21. The van der Waals surface area contributed by atoms with Gasteiger partial charge in [-0.15, -0.1) is 0 Å². The van der Waals surface area contributed by atoms with Gasteiger partial charge in [0.05, 0.1) is 0 Å². The van der Waals surface area contributed by atoms with Crippen molar-refractivity contribution in [2.45, 2.75) is 34.6 Å². The van der Waals surface area contributed by atoms with Gasteiger partial charge in [-0.3, -0.25) is 0 Å². The van der Waals surface area contributed by atoms with Crippen LogP contribution in [-0.4, -0.2) is 5.11 Å². The minimum absolute atomic E-state index is 0.306. The molecule has 1 aromatic rings. The lowest BCUT2D eigenvalue weighted by molar-refractivity contribution is 0.475. The van der Waals surface area contributed by atoms with Crippen LogP contribution in [0.3, 0.4) is 0 Å². The lowest BCUT2D eigenvalue weighted by Gasteiger charge is -2.09. The van der Waals surface area contributed by atoms with Crippen molar-refractivity contribution in [3.63, 3.8) is 0 Å². The van der Waals surface area contributed by atoms with Gasteiger partial charge in [0.2, 0.25) is 0 Å². The van der Waals surface area contributed by atoms with Crippen molar-refractivity contribution in [1.82, 2.24) is 0 Å². The maximum Gasteiger partial charge on any atom is 0.115 e. The van der Waals surface area contributed by atoms with E-state index in [2.05, 4.69) is 46.8 Å². The normalized spacial score (nSPS) is 13.1. The van der Waals surface area contributed by atoms with E-state index < -0.39 is 0 Å². The second kappa shape index (κ2) is 6.25. The second-order valence-corrected chi connectivity index (χ2v) is 4.89. The van der Waals surface area contributed by atoms with Gasteiger partial charge in [0.15, 0.2) is 0 Å². The first-order chi connectivity index (χ1) is 8.41. The number of allylic oxidation sites excluding steroid dienone is 6. The molecule has 18 heavy (non-hydrogen) atoms. The average Bonchev–Trinajstić information content (AvgIpc) is 2.35. The predicted molar refractivity (Wildman–Crippen MR) is 79.6 cm³/mol. The summed E-state index contributed by atoms with van der Waals surface area (Å²) in [6.07, 6.45) is 4.28. The van der Waals surface area contributed by atoms with Crippen LogP contribution in [0.25, 0.3) is 5.57 Å². The molecule has 0 amide bonds. The molecule has 1 N–H and O–H groups in total. The number of benzene rings is 1. The summed E-state index contributed by atoms with van der Waals surface area (Å²) in [5, 5.41) is 9.30. The van der Waals surface area contributed by atoms with Crippen molar-refractivity contribution >= 4 is 5.57 Å². The van der Waals surface area contributed by atoms with Gasteiger partial charge < -0.3 is 5.11 Å². The molecule has 0 unspecified atom stereocenters. The molecule has 0 fully saturated rings. The highest BCUT2D eigenvalue weighted by Gasteiger charge is 2.02. The summed E-state index contributed by atoms with van der Waals surface area (Å²) in [4.78, 5) is 0. The molecule has 0 aliphatic heterocycles. The van der Waals surface area contributed by atoms with E-state index in [1.807, 2.05) is 12.1 Å². The van der Waals surface area contributed by atoms with Crippen LogP contribution in [0.15, 0.2) is 53.1 Å². The van der Waals surface area contributed by atoms with Gasteiger partial charge in [-0.2, -0.15) is 0 Å². The van der Waals surface area contributed by atoms with Crippen LogP contribution in [-0.2, 0) is 0 Å². The van der Waals surface area contributed by atoms with E-state index in [1.165, 1.54) is 22.3 Å². The van der Waals surface area contributed by atoms with Crippen LogP contribution in [0, 0.1) is 0 Å². The Morgan fingerprint density at radius 2 is 1.44 bits per heavy atom. The van der Waals surface area contributed by atoms with E-state index in [4.69, 9.17) is 0 Å². The molecule has 0 spiro atoms. The number of phenols is 1. The third-order valence-electron chi connectivity index (χ3n) is 3.12. The number of phenolic OH excluding ortho intramolecular Hbond substituents is 1. The van der Waals surface area contributed by atoms with Crippen LogP contribution in [0.2, 0.25) is 0 Å². The third kappa shape index (κ3) is 3.92. The Hall–Kier alpha value is -1.76. The van der Waals surface area contributed by atoms with Gasteiger partial charge in [0, 0.05) is 0 Å². The smallest absolute Gasteiger partial charge is 0.115 e. The van der Waals surface area contributed by atoms with Gasteiger partial charge >= 0.3 is 0 Å². The summed E-state index contributed by atoms with van der Waals surface area (Å²) in [7, 11) is 0. The number of hydrogen-bond acceptors (Lipinski definition) is 1. The number of aromatic hydroxyl groups is 1. The molecule has 1 heteroatoms. The Bertz CT molecular complexity index is 495. The van der Waals surface area contributed by atoms with Crippen molar-refractivity contribution in [2.24, 2.45) is 0 Å². The van der Waals surface area contributed by atoms with Crippen molar-refractivity contribution in [3.8, 4) is 5.75 Å². The first-order valence-corrected chi connectivity index (χ1v) is 6.21. The SMILES string of the molecule is CC(C)=C/C=C(C)/C(C)=C(\C)c1ccc(O)cc1. The average molecular weight is 242 g/mol. The molecule has 0 saturated carbocycles. The predicted octanol–water partition coefficient (Wildman–Crippen LogP) is 5.10. The highest BCUT2D eigenvalue weighted by Crippen LogP contribution is 2.24. The van der Waals surface area contributed by atoms with E-state index in [0.717, 1.165) is 5.56 Å². The summed E-state index contributed by atoms with van der Waals surface area (Å²) in [5.41, 5.74) is 6.23. The molecule has 0 heterocycles. The highest BCUT2D eigenvalue weighted by molar-refractivity contribution is 5.70. The van der Waals surface area contributed by atoms with E-state index in [9.17, 15) is 5.11 Å². The van der Waals surface area contributed by atoms with Crippen molar-refractivity contribution in [3.05, 3.63) is 58.7 Å². The Balaban J connectivity index is 3.08. The highest BCUT2D eigenvalue weighted by atomic mass is 16.3. The topological polar surface area (TPSA) is 20.2 Å². The molecular weight excluding hydrogens is 220 g/mol. The van der Waals surface area contributed by atoms with E-state index in [0.29, 0.717) is 5.75 Å².